The number of carbonyl (C=O) groups excluding carboxylic acids is 4. The number of benzene rings is 2. The van der Waals surface area contributed by atoms with Gasteiger partial charge in [-0.3, -0.25) is 9.59 Å². The lowest BCUT2D eigenvalue weighted by Crippen LogP contribution is -2.52. The Labute approximate surface area is 253 Å². The summed E-state index contributed by atoms with van der Waals surface area (Å²) >= 11 is 0. The zero-order chi connectivity index (χ0) is 31.0. The highest BCUT2D eigenvalue weighted by molar-refractivity contribution is 6.76. The molecule has 4 rings (SSSR count). The maximum Gasteiger partial charge on any atom is 0.408 e. The molecule has 3 atom stereocenters. The van der Waals surface area contributed by atoms with Gasteiger partial charge >= 0.3 is 12.2 Å². The summed E-state index contributed by atoms with van der Waals surface area (Å²) in [5.74, 6) is -0.0550. The second-order valence-corrected chi connectivity index (χ2v) is 17.9. The summed E-state index contributed by atoms with van der Waals surface area (Å²) in [6.45, 7) is 7.62. The molecular formula is C31H42N4O7Si. The lowest BCUT2D eigenvalue weighted by Gasteiger charge is -2.29. The highest BCUT2D eigenvalue weighted by Crippen LogP contribution is 2.24. The van der Waals surface area contributed by atoms with Crippen LogP contribution < -0.4 is 15.4 Å². The molecule has 0 radical (unpaired) electrons. The van der Waals surface area contributed by atoms with Gasteiger partial charge in [-0.05, 0) is 42.6 Å². The van der Waals surface area contributed by atoms with Crippen LogP contribution in [0.2, 0.25) is 25.7 Å². The minimum Gasteiger partial charge on any atom is -0.491 e. The zero-order valence-electron chi connectivity index (χ0n) is 25.3. The molecule has 0 unspecified atom stereocenters. The Hall–Kier alpha value is -4.06. The maximum atomic E-state index is 14.0. The largest absolute Gasteiger partial charge is 0.491 e. The predicted molar refractivity (Wildman–Crippen MR) is 164 cm³/mol. The molecule has 2 aromatic carbocycles. The number of hydrogen-bond acceptors (Lipinski definition) is 7. The van der Waals surface area contributed by atoms with E-state index in [0.29, 0.717) is 24.3 Å². The molecule has 0 aliphatic carbocycles. The highest BCUT2D eigenvalue weighted by Gasteiger charge is 2.40. The molecular weight excluding hydrogens is 568 g/mol. The number of amides is 4. The number of ether oxygens (including phenoxy) is 3. The van der Waals surface area contributed by atoms with E-state index in [2.05, 4.69) is 30.3 Å². The van der Waals surface area contributed by atoms with E-state index >= 15 is 0 Å². The molecule has 2 bridgehead atoms. The molecule has 11 nitrogen and oxygen atoms in total. The first-order valence-electron chi connectivity index (χ1n) is 14.7. The van der Waals surface area contributed by atoms with Gasteiger partial charge in [0.05, 0.1) is 18.7 Å². The average molecular weight is 611 g/mol. The molecule has 43 heavy (non-hydrogen) atoms. The van der Waals surface area contributed by atoms with Crippen molar-refractivity contribution in [3.05, 3.63) is 65.7 Å². The lowest BCUT2D eigenvalue weighted by atomic mass is 10.1. The van der Waals surface area contributed by atoms with Crippen LogP contribution in [-0.4, -0.2) is 93.4 Å². The third-order valence-corrected chi connectivity index (χ3v) is 9.24. The van der Waals surface area contributed by atoms with Crippen LogP contribution >= 0.6 is 0 Å². The fourth-order valence-corrected chi connectivity index (χ4v) is 5.74. The van der Waals surface area contributed by atoms with E-state index in [0.717, 1.165) is 11.6 Å². The Balaban J connectivity index is 1.49. The number of nitrogens with zero attached hydrogens (tertiary/aromatic N) is 2. The summed E-state index contributed by atoms with van der Waals surface area (Å²) in [5.41, 5.74) is 1.27. The van der Waals surface area contributed by atoms with Gasteiger partial charge < -0.3 is 34.6 Å². The van der Waals surface area contributed by atoms with E-state index < -0.39 is 26.3 Å². The second-order valence-electron chi connectivity index (χ2n) is 12.3. The molecule has 2 heterocycles. The summed E-state index contributed by atoms with van der Waals surface area (Å²) in [7, 11) is 0.290. The first kappa shape index (κ1) is 31.9. The number of nitrogens with one attached hydrogen (secondary N) is 2. The third-order valence-electron chi connectivity index (χ3n) is 7.53. The van der Waals surface area contributed by atoms with Crippen molar-refractivity contribution in [2.75, 3.05) is 33.4 Å². The molecule has 232 valence electrons. The normalized spacial score (nSPS) is 21.0. The average Bonchev–Trinajstić information content (AvgIpc) is 3.38. The van der Waals surface area contributed by atoms with Gasteiger partial charge in [0, 0.05) is 33.8 Å². The van der Waals surface area contributed by atoms with Crippen LogP contribution in [0.1, 0.15) is 28.8 Å². The summed E-state index contributed by atoms with van der Waals surface area (Å²) in [4.78, 5) is 55.6. The highest BCUT2D eigenvalue weighted by atomic mass is 28.3. The van der Waals surface area contributed by atoms with Crippen LogP contribution in [0.15, 0.2) is 54.6 Å². The van der Waals surface area contributed by atoms with Gasteiger partial charge in [0.25, 0.3) is 5.91 Å². The van der Waals surface area contributed by atoms with Crippen molar-refractivity contribution in [2.24, 2.45) is 0 Å². The Morgan fingerprint density at radius 2 is 1.74 bits per heavy atom. The van der Waals surface area contributed by atoms with Crippen LogP contribution in [0.3, 0.4) is 0 Å². The van der Waals surface area contributed by atoms with Crippen LogP contribution in [0.25, 0.3) is 0 Å². The first-order valence-corrected chi connectivity index (χ1v) is 18.4. The Morgan fingerprint density at radius 1 is 1.00 bits per heavy atom. The summed E-state index contributed by atoms with van der Waals surface area (Å²) in [6, 6.07) is 15.3. The van der Waals surface area contributed by atoms with Crippen molar-refractivity contribution < 1.29 is 33.4 Å². The van der Waals surface area contributed by atoms with Gasteiger partial charge in [-0.1, -0.05) is 56.0 Å². The minimum absolute atomic E-state index is 0.0492. The van der Waals surface area contributed by atoms with Crippen molar-refractivity contribution in [3.8, 4) is 5.75 Å². The fraction of sp³-hybridized carbons (Fsp3) is 0.484. The second kappa shape index (κ2) is 14.4. The molecule has 2 aliphatic heterocycles. The van der Waals surface area contributed by atoms with Gasteiger partial charge in [-0.2, -0.15) is 0 Å². The molecule has 2 N–H and O–H groups in total. The van der Waals surface area contributed by atoms with Crippen LogP contribution in [-0.2, 0) is 20.9 Å². The summed E-state index contributed by atoms with van der Waals surface area (Å²) < 4.78 is 16.9. The van der Waals surface area contributed by atoms with Gasteiger partial charge in [0.2, 0.25) is 5.91 Å². The van der Waals surface area contributed by atoms with Gasteiger partial charge in [0.1, 0.15) is 25.0 Å². The lowest BCUT2D eigenvalue weighted by molar-refractivity contribution is -0.135. The molecule has 0 saturated carbocycles. The van der Waals surface area contributed by atoms with E-state index in [1.54, 1.807) is 36.2 Å². The third kappa shape index (κ3) is 9.47. The smallest absolute Gasteiger partial charge is 0.408 e. The van der Waals surface area contributed by atoms with Crippen molar-refractivity contribution in [1.29, 1.82) is 0 Å². The summed E-state index contributed by atoms with van der Waals surface area (Å²) in [5, 5.41) is 5.62. The molecule has 1 saturated heterocycles. The standard InChI is InChI=1S/C31H42N4O7Si/c1-34-14-13-27(33-31(39)42-20-22-9-6-5-7-10-22)29(37)35-19-24(32-30(38)40-15-16-43(2,3)4)18-25(35)21-41-26-12-8-11-23(17-26)28(34)36/h5-12,17,24-25,27H,13-16,18-21H2,1-4H3,(H,32,38)(H,33,39)/t24-,25-,27-/m0/s1. The zero-order valence-corrected chi connectivity index (χ0v) is 26.3. The van der Waals surface area contributed by atoms with Gasteiger partial charge in [0.15, 0.2) is 0 Å². The number of rotatable bonds is 7. The van der Waals surface area contributed by atoms with Gasteiger partial charge in [-0.25, -0.2) is 9.59 Å². The van der Waals surface area contributed by atoms with E-state index in [9.17, 15) is 19.2 Å². The quantitative estimate of drug-likeness (QED) is 0.456. The molecule has 2 aromatic rings. The predicted octanol–water partition coefficient (Wildman–Crippen LogP) is 3.87. The van der Waals surface area contributed by atoms with E-state index in [-0.39, 0.29) is 56.6 Å². The Kier molecular flexibility index (Phi) is 10.7. The maximum absolute atomic E-state index is 14.0. The molecule has 0 spiro atoms. The molecule has 1 fully saturated rings. The number of carbonyl (C=O) groups is 4. The topological polar surface area (TPSA) is 127 Å². The van der Waals surface area contributed by atoms with Gasteiger partial charge in [-0.15, -0.1) is 0 Å². The number of hydrogen-bond donors (Lipinski definition) is 2. The van der Waals surface area contributed by atoms with Crippen molar-refractivity contribution in [1.82, 2.24) is 20.4 Å². The number of alkyl carbamates (subject to hydrolysis) is 2. The summed E-state index contributed by atoms with van der Waals surface area (Å²) in [6.07, 6.45) is -0.640. The van der Waals surface area contributed by atoms with Crippen LogP contribution in [0.4, 0.5) is 9.59 Å². The van der Waals surface area contributed by atoms with Crippen molar-refractivity contribution in [2.45, 2.75) is 63.3 Å². The number of fused-ring (bicyclic) bond motifs is 3. The van der Waals surface area contributed by atoms with Crippen molar-refractivity contribution in [3.63, 3.8) is 0 Å². The first-order chi connectivity index (χ1) is 20.5. The molecule has 0 aromatic heterocycles. The fourth-order valence-electron chi connectivity index (χ4n) is 5.03. The Morgan fingerprint density at radius 3 is 2.49 bits per heavy atom. The van der Waals surface area contributed by atoms with E-state index in [1.165, 1.54) is 4.90 Å². The SMILES string of the molecule is CN1CC[C@H](NC(=O)OCc2ccccc2)C(=O)N2C[C@@H](NC(=O)OCC[Si](C)(C)C)C[C@H]2COc2cccc(c2)C1=O. The molecule has 4 amide bonds. The van der Waals surface area contributed by atoms with E-state index in [4.69, 9.17) is 14.2 Å². The van der Waals surface area contributed by atoms with Crippen LogP contribution in [0, 0.1) is 0 Å². The van der Waals surface area contributed by atoms with E-state index in [1.807, 2.05) is 30.3 Å². The van der Waals surface area contributed by atoms with Crippen molar-refractivity contribution >= 4 is 32.1 Å². The minimum atomic E-state index is -1.36. The molecule has 12 heteroatoms. The molecule has 2 aliphatic rings. The van der Waals surface area contributed by atoms with Crippen LogP contribution in [0.5, 0.6) is 5.75 Å². The monoisotopic (exact) mass is 610 g/mol. The Bertz CT molecular complexity index is 1290.